The first-order chi connectivity index (χ1) is 6.83. The van der Waals surface area contributed by atoms with Gasteiger partial charge in [0.1, 0.15) is 0 Å². The van der Waals surface area contributed by atoms with Gasteiger partial charge in [0.05, 0.1) is 13.2 Å². The Bertz CT molecular complexity index is 558. The van der Waals surface area contributed by atoms with Crippen molar-refractivity contribution in [2.75, 3.05) is 0 Å². The molecule has 0 N–H and O–H groups in total. The SMILES string of the molecule is Cn1c[n+]2cc3ccccc3cc2n1. The lowest BCUT2D eigenvalue weighted by Crippen LogP contribution is -2.17. The first-order valence-electron chi connectivity index (χ1n) is 4.56. The quantitative estimate of drug-likeness (QED) is 0.483. The lowest BCUT2D eigenvalue weighted by atomic mass is 10.2. The van der Waals surface area contributed by atoms with Crippen LogP contribution in [0.3, 0.4) is 0 Å². The van der Waals surface area contributed by atoms with Gasteiger partial charge < -0.3 is 0 Å². The summed E-state index contributed by atoms with van der Waals surface area (Å²) in [6.45, 7) is 0. The molecule has 3 heteroatoms. The molecule has 0 saturated heterocycles. The molecule has 0 unspecified atom stereocenters. The number of rotatable bonds is 0. The Hall–Kier alpha value is -1.90. The molecule has 68 valence electrons. The number of nitrogens with zero attached hydrogens (tertiary/aromatic N) is 3. The van der Waals surface area contributed by atoms with Gasteiger partial charge in [0.15, 0.2) is 0 Å². The molecule has 3 aromatic rings. The zero-order chi connectivity index (χ0) is 9.54. The Morgan fingerprint density at radius 3 is 2.86 bits per heavy atom. The van der Waals surface area contributed by atoms with E-state index in [4.69, 9.17) is 0 Å². The Labute approximate surface area is 81.2 Å². The fourth-order valence-electron chi connectivity index (χ4n) is 1.73. The number of aryl methyl sites for hydroxylation is 1. The van der Waals surface area contributed by atoms with Crippen molar-refractivity contribution in [1.29, 1.82) is 0 Å². The molecule has 0 amide bonds. The molecule has 14 heavy (non-hydrogen) atoms. The average molecular weight is 184 g/mol. The number of hydrogen-bond donors (Lipinski definition) is 0. The molecule has 0 radical (unpaired) electrons. The van der Waals surface area contributed by atoms with E-state index in [0.29, 0.717) is 0 Å². The van der Waals surface area contributed by atoms with Crippen LogP contribution in [0.25, 0.3) is 16.4 Å². The first kappa shape index (κ1) is 7.50. The summed E-state index contributed by atoms with van der Waals surface area (Å²) >= 11 is 0. The van der Waals surface area contributed by atoms with E-state index >= 15 is 0 Å². The summed E-state index contributed by atoms with van der Waals surface area (Å²) in [5.41, 5.74) is 0.978. The number of fused-ring (bicyclic) bond motifs is 2. The van der Waals surface area contributed by atoms with Crippen LogP contribution in [0.15, 0.2) is 42.9 Å². The molecule has 0 aliphatic rings. The molecule has 0 aliphatic heterocycles. The van der Waals surface area contributed by atoms with Crippen molar-refractivity contribution in [3.8, 4) is 0 Å². The molecule has 3 rings (SSSR count). The van der Waals surface area contributed by atoms with Crippen LogP contribution in [0.5, 0.6) is 0 Å². The third-order valence-electron chi connectivity index (χ3n) is 2.38. The molecule has 1 aromatic carbocycles. The summed E-state index contributed by atoms with van der Waals surface area (Å²) in [6.07, 6.45) is 4.06. The minimum Gasteiger partial charge on any atom is -0.203 e. The Morgan fingerprint density at radius 2 is 2.00 bits per heavy atom. The van der Waals surface area contributed by atoms with E-state index in [1.807, 2.05) is 34.6 Å². The predicted molar refractivity (Wildman–Crippen MR) is 53.9 cm³/mol. The highest BCUT2D eigenvalue weighted by molar-refractivity contribution is 5.82. The maximum atomic E-state index is 4.34. The van der Waals surface area contributed by atoms with Gasteiger partial charge in [0.2, 0.25) is 6.33 Å². The van der Waals surface area contributed by atoms with E-state index in [9.17, 15) is 0 Å². The Kier molecular flexibility index (Phi) is 1.36. The number of pyridine rings is 1. The molecule has 2 aromatic heterocycles. The number of benzene rings is 1. The van der Waals surface area contributed by atoms with E-state index in [2.05, 4.69) is 29.5 Å². The third kappa shape index (κ3) is 0.988. The van der Waals surface area contributed by atoms with Crippen LogP contribution < -0.4 is 4.40 Å². The molecular formula is C11H10N3+. The van der Waals surface area contributed by atoms with Crippen LogP contribution in [0, 0.1) is 0 Å². The van der Waals surface area contributed by atoms with Gasteiger partial charge in [-0.15, -0.1) is 4.68 Å². The fraction of sp³-hybridized carbons (Fsp3) is 0.0909. The van der Waals surface area contributed by atoms with Crippen molar-refractivity contribution in [3.05, 3.63) is 42.9 Å². The molecule has 0 saturated carbocycles. The van der Waals surface area contributed by atoms with Crippen LogP contribution >= 0.6 is 0 Å². The van der Waals surface area contributed by atoms with Crippen molar-refractivity contribution in [2.24, 2.45) is 7.05 Å². The highest BCUT2D eigenvalue weighted by Gasteiger charge is 2.06. The van der Waals surface area contributed by atoms with Gasteiger partial charge >= 0.3 is 5.65 Å². The summed E-state index contributed by atoms with van der Waals surface area (Å²) in [5, 5.41) is 6.81. The molecule has 0 bridgehead atoms. The fourth-order valence-corrected chi connectivity index (χ4v) is 1.73. The summed E-state index contributed by atoms with van der Waals surface area (Å²) < 4.78 is 3.84. The van der Waals surface area contributed by atoms with Gasteiger partial charge in [-0.3, -0.25) is 0 Å². The topological polar surface area (TPSA) is 21.9 Å². The van der Waals surface area contributed by atoms with E-state index in [1.54, 1.807) is 0 Å². The average Bonchev–Trinajstić information content (AvgIpc) is 2.53. The summed E-state index contributed by atoms with van der Waals surface area (Å²) in [7, 11) is 1.93. The van der Waals surface area contributed by atoms with Crippen LogP contribution in [0.1, 0.15) is 0 Å². The lowest BCUT2D eigenvalue weighted by Gasteiger charge is -1.93. The molecule has 3 nitrogen and oxygen atoms in total. The van der Waals surface area contributed by atoms with Crippen LogP contribution in [-0.4, -0.2) is 9.78 Å². The second-order valence-corrected chi connectivity index (χ2v) is 3.46. The standard InChI is InChI=1S/C11H10N3/c1-13-8-14-7-10-5-3-2-4-9(10)6-11(14)12-13/h2-8H,1H3/q+1. The second-order valence-electron chi connectivity index (χ2n) is 3.46. The molecular weight excluding hydrogens is 174 g/mol. The lowest BCUT2D eigenvalue weighted by molar-refractivity contribution is -0.511. The van der Waals surface area contributed by atoms with E-state index < -0.39 is 0 Å². The highest BCUT2D eigenvalue weighted by atomic mass is 15.3. The monoisotopic (exact) mass is 184 g/mol. The van der Waals surface area contributed by atoms with Gasteiger partial charge in [0, 0.05) is 16.6 Å². The second kappa shape index (κ2) is 2.54. The largest absolute Gasteiger partial charge is 0.306 e. The van der Waals surface area contributed by atoms with Crippen molar-refractivity contribution in [3.63, 3.8) is 0 Å². The van der Waals surface area contributed by atoms with Gasteiger partial charge in [0.25, 0.3) is 0 Å². The minimum atomic E-state index is 0.978. The third-order valence-corrected chi connectivity index (χ3v) is 2.38. The minimum absolute atomic E-state index is 0.978. The maximum absolute atomic E-state index is 4.34. The van der Waals surface area contributed by atoms with E-state index in [1.165, 1.54) is 10.8 Å². The summed E-state index contributed by atoms with van der Waals surface area (Å²) in [5.74, 6) is 0. The van der Waals surface area contributed by atoms with Crippen LogP contribution in [0.4, 0.5) is 0 Å². The molecule has 2 heterocycles. The van der Waals surface area contributed by atoms with Gasteiger partial charge in [-0.1, -0.05) is 24.3 Å². The summed E-state index contributed by atoms with van der Waals surface area (Å²) in [6, 6.07) is 10.4. The van der Waals surface area contributed by atoms with Gasteiger partial charge in [-0.05, 0) is 5.39 Å². The molecule has 0 atom stereocenters. The van der Waals surface area contributed by atoms with Gasteiger partial charge in [-0.25, -0.2) is 4.40 Å². The van der Waals surface area contributed by atoms with Crippen molar-refractivity contribution < 1.29 is 4.40 Å². The Morgan fingerprint density at radius 1 is 1.21 bits per heavy atom. The van der Waals surface area contributed by atoms with Crippen molar-refractivity contribution in [2.45, 2.75) is 0 Å². The van der Waals surface area contributed by atoms with Crippen LogP contribution in [0.2, 0.25) is 0 Å². The summed E-state index contributed by atoms with van der Waals surface area (Å²) in [4.78, 5) is 0. The molecule has 0 fully saturated rings. The molecule has 0 aliphatic carbocycles. The van der Waals surface area contributed by atoms with Crippen LogP contribution in [-0.2, 0) is 7.05 Å². The van der Waals surface area contributed by atoms with E-state index in [-0.39, 0.29) is 0 Å². The zero-order valence-electron chi connectivity index (χ0n) is 7.88. The molecule has 0 spiro atoms. The number of aromatic nitrogens is 3. The van der Waals surface area contributed by atoms with Crippen molar-refractivity contribution >= 4 is 16.4 Å². The highest BCUT2D eigenvalue weighted by Crippen LogP contribution is 2.11. The van der Waals surface area contributed by atoms with E-state index in [0.717, 1.165) is 5.65 Å². The Balaban J connectivity index is 2.51. The zero-order valence-corrected chi connectivity index (χ0v) is 7.88. The number of hydrogen-bond acceptors (Lipinski definition) is 1. The predicted octanol–water partition coefficient (Wildman–Crippen LogP) is 1.31. The normalized spacial score (nSPS) is 11.2. The smallest absolute Gasteiger partial charge is 0.203 e. The maximum Gasteiger partial charge on any atom is 0.306 e. The van der Waals surface area contributed by atoms with Gasteiger partial charge in [-0.2, -0.15) is 0 Å². The van der Waals surface area contributed by atoms with Crippen molar-refractivity contribution in [1.82, 2.24) is 9.78 Å². The first-order valence-corrected chi connectivity index (χ1v) is 4.56.